The lowest BCUT2D eigenvalue weighted by Gasteiger charge is -2.17. The lowest BCUT2D eigenvalue weighted by molar-refractivity contribution is -0.127. The fourth-order valence-electron chi connectivity index (χ4n) is 2.18. The van der Waals surface area contributed by atoms with Gasteiger partial charge in [0, 0.05) is 6.54 Å². The van der Waals surface area contributed by atoms with Gasteiger partial charge in [-0.15, -0.1) is 0 Å². The molecule has 0 aliphatic heterocycles. The second-order valence-electron chi connectivity index (χ2n) is 5.04. The van der Waals surface area contributed by atoms with Crippen LogP contribution in [0.25, 0.3) is 0 Å². The summed E-state index contributed by atoms with van der Waals surface area (Å²) in [6, 6.07) is 5.66. The average molecular weight is 277 g/mol. The van der Waals surface area contributed by atoms with Gasteiger partial charge in [-0.3, -0.25) is 4.79 Å². The summed E-state index contributed by atoms with van der Waals surface area (Å²) in [6.07, 6.45) is 6.21. The van der Waals surface area contributed by atoms with Crippen LogP contribution in [0.4, 0.5) is 4.39 Å². The largest absolute Gasteiger partial charge is 0.481 e. The minimum atomic E-state index is -0.593. The van der Waals surface area contributed by atoms with E-state index in [1.54, 1.807) is 6.92 Å². The van der Waals surface area contributed by atoms with E-state index in [4.69, 9.17) is 4.74 Å². The van der Waals surface area contributed by atoms with Crippen molar-refractivity contribution in [1.82, 2.24) is 5.32 Å². The van der Waals surface area contributed by atoms with Crippen LogP contribution >= 0.6 is 0 Å². The Morgan fingerprint density at radius 2 is 2.10 bits per heavy atom. The van der Waals surface area contributed by atoms with Gasteiger partial charge in [0.05, 0.1) is 0 Å². The summed E-state index contributed by atoms with van der Waals surface area (Å²) < 4.78 is 18.2. The highest BCUT2D eigenvalue weighted by atomic mass is 19.1. The molecule has 1 atom stereocenters. The van der Waals surface area contributed by atoms with E-state index in [9.17, 15) is 9.18 Å². The fourth-order valence-corrected chi connectivity index (χ4v) is 2.18. The zero-order valence-corrected chi connectivity index (χ0v) is 11.7. The number of carbonyl (C=O) groups excluding carboxylic acids is 1. The maximum absolute atomic E-state index is 12.8. The number of ether oxygens (including phenoxy) is 1. The Morgan fingerprint density at radius 3 is 2.75 bits per heavy atom. The van der Waals surface area contributed by atoms with Gasteiger partial charge in [0.25, 0.3) is 5.91 Å². The minimum absolute atomic E-state index is 0.152. The molecule has 0 saturated carbocycles. The summed E-state index contributed by atoms with van der Waals surface area (Å²) >= 11 is 0. The third-order valence-electron chi connectivity index (χ3n) is 3.37. The Hall–Kier alpha value is -1.84. The predicted octanol–water partition coefficient (Wildman–Crippen LogP) is 3.21. The summed E-state index contributed by atoms with van der Waals surface area (Å²) in [5, 5.41) is 2.88. The molecule has 20 heavy (non-hydrogen) atoms. The molecule has 0 spiro atoms. The minimum Gasteiger partial charge on any atom is -0.481 e. The van der Waals surface area contributed by atoms with Gasteiger partial charge in [0.1, 0.15) is 11.6 Å². The number of amides is 1. The van der Waals surface area contributed by atoms with Crippen LogP contribution in [0.3, 0.4) is 0 Å². The number of allylic oxidation sites excluding steroid dienone is 1. The molecule has 4 heteroatoms. The standard InChI is InChI=1S/C16H20FNO2/c1-12(20-15-9-7-14(17)8-10-15)16(19)18-11-13-5-3-2-4-6-13/h5,7-10,12H,2-4,6,11H2,1H3,(H,18,19)/t12-/m1/s1. The average Bonchev–Trinajstić information content (AvgIpc) is 2.48. The summed E-state index contributed by atoms with van der Waals surface area (Å²) in [7, 11) is 0. The maximum atomic E-state index is 12.8. The molecule has 108 valence electrons. The molecule has 1 aliphatic carbocycles. The Morgan fingerprint density at radius 1 is 1.35 bits per heavy atom. The zero-order chi connectivity index (χ0) is 14.4. The van der Waals surface area contributed by atoms with Gasteiger partial charge in [0.15, 0.2) is 6.10 Å². The zero-order valence-electron chi connectivity index (χ0n) is 11.7. The van der Waals surface area contributed by atoms with E-state index in [1.807, 2.05) is 0 Å². The number of carbonyl (C=O) groups is 1. The Balaban J connectivity index is 1.79. The van der Waals surface area contributed by atoms with E-state index in [1.165, 1.54) is 42.7 Å². The molecule has 0 heterocycles. The number of benzene rings is 1. The summed E-state index contributed by atoms with van der Waals surface area (Å²) in [4.78, 5) is 11.9. The molecule has 0 radical (unpaired) electrons. The lowest BCUT2D eigenvalue weighted by atomic mass is 10.00. The van der Waals surface area contributed by atoms with Crippen LogP contribution in [0.15, 0.2) is 35.9 Å². The smallest absolute Gasteiger partial charge is 0.261 e. The van der Waals surface area contributed by atoms with Gasteiger partial charge in [-0.05, 0) is 56.9 Å². The quantitative estimate of drug-likeness (QED) is 0.839. The van der Waals surface area contributed by atoms with Gasteiger partial charge in [-0.25, -0.2) is 4.39 Å². The molecule has 3 nitrogen and oxygen atoms in total. The Kier molecular flexibility index (Phi) is 5.16. The topological polar surface area (TPSA) is 38.3 Å². The van der Waals surface area contributed by atoms with E-state index < -0.39 is 6.10 Å². The number of hydrogen-bond donors (Lipinski definition) is 1. The van der Waals surface area contributed by atoms with Crippen molar-refractivity contribution in [3.05, 3.63) is 41.7 Å². The lowest BCUT2D eigenvalue weighted by Crippen LogP contribution is -2.37. The number of nitrogens with one attached hydrogen (secondary N) is 1. The molecule has 1 aliphatic rings. The second-order valence-corrected chi connectivity index (χ2v) is 5.04. The van der Waals surface area contributed by atoms with Crippen LogP contribution in [0.5, 0.6) is 5.75 Å². The molecule has 0 unspecified atom stereocenters. The first kappa shape index (κ1) is 14.6. The fraction of sp³-hybridized carbons (Fsp3) is 0.438. The molecule has 0 fully saturated rings. The summed E-state index contributed by atoms with van der Waals surface area (Å²) in [6.45, 7) is 2.28. The first-order chi connectivity index (χ1) is 9.65. The Bertz CT molecular complexity index is 482. The number of hydrogen-bond acceptors (Lipinski definition) is 2. The van der Waals surface area contributed by atoms with Crippen LogP contribution in [0, 0.1) is 5.82 Å². The van der Waals surface area contributed by atoms with Crippen molar-refractivity contribution in [2.45, 2.75) is 38.7 Å². The first-order valence-electron chi connectivity index (χ1n) is 7.03. The van der Waals surface area contributed by atoms with E-state index in [2.05, 4.69) is 11.4 Å². The third kappa shape index (κ3) is 4.37. The van der Waals surface area contributed by atoms with Crippen LogP contribution in [0.2, 0.25) is 0 Å². The van der Waals surface area contributed by atoms with Crippen LogP contribution in [-0.2, 0) is 4.79 Å². The van der Waals surface area contributed by atoms with Crippen LogP contribution in [-0.4, -0.2) is 18.6 Å². The molecule has 0 aromatic heterocycles. The van der Waals surface area contributed by atoms with E-state index >= 15 is 0 Å². The molecule has 1 aromatic carbocycles. The van der Waals surface area contributed by atoms with Crippen molar-refractivity contribution in [3.63, 3.8) is 0 Å². The van der Waals surface area contributed by atoms with Crippen molar-refractivity contribution in [2.24, 2.45) is 0 Å². The van der Waals surface area contributed by atoms with E-state index in [-0.39, 0.29) is 11.7 Å². The maximum Gasteiger partial charge on any atom is 0.261 e. The number of rotatable bonds is 5. The summed E-state index contributed by atoms with van der Waals surface area (Å²) in [5.74, 6) is 0.0189. The highest BCUT2D eigenvalue weighted by Crippen LogP contribution is 2.16. The van der Waals surface area contributed by atoms with Crippen molar-refractivity contribution in [3.8, 4) is 5.75 Å². The van der Waals surface area contributed by atoms with Gasteiger partial charge < -0.3 is 10.1 Å². The Labute approximate surface area is 118 Å². The molecule has 1 aromatic rings. The number of halogens is 1. The summed E-state index contributed by atoms with van der Waals surface area (Å²) in [5.41, 5.74) is 1.29. The van der Waals surface area contributed by atoms with E-state index in [0.717, 1.165) is 12.8 Å². The van der Waals surface area contributed by atoms with Crippen molar-refractivity contribution < 1.29 is 13.9 Å². The molecule has 2 rings (SSSR count). The van der Waals surface area contributed by atoms with Gasteiger partial charge in [-0.2, -0.15) is 0 Å². The molecule has 1 N–H and O–H groups in total. The van der Waals surface area contributed by atoms with Crippen molar-refractivity contribution in [1.29, 1.82) is 0 Å². The van der Waals surface area contributed by atoms with Gasteiger partial charge >= 0.3 is 0 Å². The van der Waals surface area contributed by atoms with Crippen molar-refractivity contribution in [2.75, 3.05) is 6.54 Å². The monoisotopic (exact) mass is 277 g/mol. The first-order valence-corrected chi connectivity index (χ1v) is 7.03. The molecular formula is C16H20FNO2. The van der Waals surface area contributed by atoms with Crippen molar-refractivity contribution >= 4 is 5.91 Å². The van der Waals surface area contributed by atoms with Crippen LogP contribution in [0.1, 0.15) is 32.6 Å². The van der Waals surface area contributed by atoms with Crippen LogP contribution < -0.4 is 10.1 Å². The van der Waals surface area contributed by atoms with Gasteiger partial charge in [-0.1, -0.05) is 11.6 Å². The molecule has 0 saturated heterocycles. The highest BCUT2D eigenvalue weighted by molar-refractivity contribution is 5.80. The second kappa shape index (κ2) is 7.08. The third-order valence-corrected chi connectivity index (χ3v) is 3.37. The normalized spacial score (nSPS) is 16.2. The predicted molar refractivity (Wildman–Crippen MR) is 76.1 cm³/mol. The molecule has 0 bridgehead atoms. The van der Waals surface area contributed by atoms with Gasteiger partial charge in [0.2, 0.25) is 0 Å². The molecular weight excluding hydrogens is 257 g/mol. The van der Waals surface area contributed by atoms with E-state index in [0.29, 0.717) is 12.3 Å². The SMILES string of the molecule is C[C@@H](Oc1ccc(F)cc1)C(=O)NCC1=CCCCC1. The highest BCUT2D eigenvalue weighted by Gasteiger charge is 2.15. The molecule has 1 amide bonds.